The van der Waals surface area contributed by atoms with Crippen molar-refractivity contribution in [1.29, 1.82) is 5.26 Å². The molecule has 76 valence electrons. The van der Waals surface area contributed by atoms with Gasteiger partial charge in [0.25, 0.3) is 5.56 Å². The van der Waals surface area contributed by atoms with Gasteiger partial charge in [0.2, 0.25) is 0 Å². The van der Waals surface area contributed by atoms with Crippen LogP contribution in [0.15, 0.2) is 23.3 Å². The molecule has 16 heavy (non-hydrogen) atoms. The van der Waals surface area contributed by atoms with Crippen molar-refractivity contribution in [3.63, 3.8) is 0 Å². The number of fused-ring (bicyclic) bond motifs is 3. The third kappa shape index (κ3) is 1.12. The highest BCUT2D eigenvalue weighted by molar-refractivity contribution is 7.20. The summed E-state index contributed by atoms with van der Waals surface area (Å²) in [6.07, 6.45) is 1.36. The minimum Gasteiger partial charge on any atom is -0.313 e. The maximum absolute atomic E-state index is 11.5. The smallest absolute Gasteiger partial charge is 0.258 e. The summed E-state index contributed by atoms with van der Waals surface area (Å²) in [5.74, 6) is 0. The van der Waals surface area contributed by atoms with Crippen molar-refractivity contribution in [2.24, 2.45) is 0 Å². The molecule has 0 saturated heterocycles. The number of H-pyrrole nitrogens is 1. The van der Waals surface area contributed by atoms with Crippen LogP contribution in [0.25, 0.3) is 21.1 Å². The zero-order valence-electron chi connectivity index (χ0n) is 7.89. The number of benzene rings is 1. The monoisotopic (exact) mass is 228 g/mol. The average Bonchev–Trinajstić information content (AvgIpc) is 2.72. The molecular formula is C10H4N4OS. The van der Waals surface area contributed by atoms with Gasteiger partial charge in [0.1, 0.15) is 6.07 Å². The molecule has 0 aliphatic carbocycles. The van der Waals surface area contributed by atoms with Crippen molar-refractivity contribution in [3.05, 3.63) is 33.8 Å². The Hall–Kier alpha value is -2.26. The van der Waals surface area contributed by atoms with E-state index in [1.165, 1.54) is 17.7 Å². The zero-order valence-corrected chi connectivity index (χ0v) is 8.71. The quantitative estimate of drug-likeness (QED) is 0.630. The molecule has 6 heteroatoms. The van der Waals surface area contributed by atoms with Crippen LogP contribution in [0.3, 0.4) is 0 Å². The van der Waals surface area contributed by atoms with Gasteiger partial charge in [-0.05, 0) is 12.1 Å². The Labute approximate surface area is 93.0 Å². The predicted molar refractivity (Wildman–Crippen MR) is 60.3 cm³/mol. The van der Waals surface area contributed by atoms with Gasteiger partial charge in [-0.3, -0.25) is 4.79 Å². The second kappa shape index (κ2) is 3.12. The molecule has 3 rings (SSSR count). The van der Waals surface area contributed by atoms with E-state index in [9.17, 15) is 4.79 Å². The molecule has 2 heterocycles. The van der Waals surface area contributed by atoms with Gasteiger partial charge < -0.3 is 4.98 Å². The predicted octanol–water partition coefficient (Wildman–Crippen LogP) is 1.40. The summed E-state index contributed by atoms with van der Waals surface area (Å²) in [5, 5.41) is 9.67. The summed E-state index contributed by atoms with van der Waals surface area (Å²) < 4.78 is 0.778. The number of nitriles is 1. The van der Waals surface area contributed by atoms with E-state index in [2.05, 4.69) is 15.0 Å². The van der Waals surface area contributed by atoms with E-state index < -0.39 is 0 Å². The van der Waals surface area contributed by atoms with Crippen LogP contribution in [0.1, 0.15) is 5.01 Å². The van der Waals surface area contributed by atoms with Crippen molar-refractivity contribution >= 4 is 32.5 Å². The zero-order chi connectivity index (χ0) is 11.1. The number of nitrogens with zero attached hydrogens (tertiary/aromatic N) is 3. The van der Waals surface area contributed by atoms with E-state index in [4.69, 9.17) is 5.26 Å². The van der Waals surface area contributed by atoms with Gasteiger partial charge in [0.15, 0.2) is 5.01 Å². The molecule has 0 atom stereocenters. The fourth-order valence-corrected chi connectivity index (χ4v) is 2.43. The van der Waals surface area contributed by atoms with Crippen molar-refractivity contribution in [1.82, 2.24) is 15.0 Å². The van der Waals surface area contributed by atoms with Gasteiger partial charge >= 0.3 is 0 Å². The Morgan fingerprint density at radius 2 is 2.31 bits per heavy atom. The van der Waals surface area contributed by atoms with Crippen LogP contribution in [0.2, 0.25) is 0 Å². The second-order valence-electron chi connectivity index (χ2n) is 3.17. The van der Waals surface area contributed by atoms with Crippen LogP contribution >= 0.6 is 11.3 Å². The minimum absolute atomic E-state index is 0.182. The lowest BCUT2D eigenvalue weighted by molar-refractivity contribution is 1.18. The second-order valence-corrected chi connectivity index (χ2v) is 4.17. The van der Waals surface area contributed by atoms with Crippen LogP contribution in [-0.4, -0.2) is 15.0 Å². The van der Waals surface area contributed by atoms with E-state index in [1.54, 1.807) is 12.1 Å². The molecule has 1 N–H and O–H groups in total. The molecule has 0 aliphatic heterocycles. The Morgan fingerprint density at radius 3 is 3.12 bits per heavy atom. The number of aromatic nitrogens is 3. The van der Waals surface area contributed by atoms with Crippen LogP contribution in [-0.2, 0) is 0 Å². The highest BCUT2D eigenvalue weighted by atomic mass is 32.1. The third-order valence-corrected chi connectivity index (χ3v) is 3.24. The lowest BCUT2D eigenvalue weighted by Gasteiger charge is -1.94. The van der Waals surface area contributed by atoms with Crippen LogP contribution < -0.4 is 5.56 Å². The first kappa shape index (κ1) is 9.00. The van der Waals surface area contributed by atoms with E-state index in [1.807, 2.05) is 6.07 Å². The molecule has 0 radical (unpaired) electrons. The Kier molecular flexibility index (Phi) is 1.75. The van der Waals surface area contributed by atoms with Gasteiger partial charge in [0, 0.05) is 0 Å². The number of aromatic amines is 1. The van der Waals surface area contributed by atoms with Crippen LogP contribution in [0.5, 0.6) is 0 Å². The fourth-order valence-electron chi connectivity index (χ4n) is 1.57. The third-order valence-electron chi connectivity index (χ3n) is 2.26. The lowest BCUT2D eigenvalue weighted by Crippen LogP contribution is -2.05. The summed E-state index contributed by atoms with van der Waals surface area (Å²) in [6, 6.07) is 5.39. The number of thiazole rings is 1. The normalized spacial score (nSPS) is 10.7. The summed E-state index contributed by atoms with van der Waals surface area (Å²) in [4.78, 5) is 22.3. The largest absolute Gasteiger partial charge is 0.313 e. The SMILES string of the molecule is N#Cc1nc2ccc3c(=O)[nH]cnc3c2s1. The van der Waals surface area contributed by atoms with Crippen molar-refractivity contribution in [2.45, 2.75) is 0 Å². The topological polar surface area (TPSA) is 82.4 Å². The molecule has 3 aromatic rings. The van der Waals surface area contributed by atoms with E-state index in [0.29, 0.717) is 21.4 Å². The number of hydrogen-bond acceptors (Lipinski definition) is 5. The minimum atomic E-state index is -0.182. The van der Waals surface area contributed by atoms with Crippen LogP contribution in [0, 0.1) is 11.3 Å². The highest BCUT2D eigenvalue weighted by Gasteiger charge is 2.09. The van der Waals surface area contributed by atoms with E-state index >= 15 is 0 Å². The fraction of sp³-hybridized carbons (Fsp3) is 0. The summed E-state index contributed by atoms with van der Waals surface area (Å²) >= 11 is 1.25. The van der Waals surface area contributed by atoms with Gasteiger partial charge in [-0.2, -0.15) is 5.26 Å². The maximum atomic E-state index is 11.5. The van der Waals surface area contributed by atoms with Crippen LogP contribution in [0.4, 0.5) is 0 Å². The van der Waals surface area contributed by atoms with Crippen molar-refractivity contribution < 1.29 is 0 Å². The Bertz CT molecular complexity index is 796. The molecule has 0 unspecified atom stereocenters. The molecule has 0 saturated carbocycles. The molecule has 0 fully saturated rings. The molecule has 5 nitrogen and oxygen atoms in total. The molecule has 1 aromatic carbocycles. The summed E-state index contributed by atoms with van der Waals surface area (Å²) in [6.45, 7) is 0. The molecule has 0 spiro atoms. The standard InChI is InChI=1S/C10H4N4OS/c11-3-7-14-6-2-1-5-8(9(6)16-7)12-4-13-10(5)15/h1-2,4H,(H,12,13,15). The van der Waals surface area contributed by atoms with Gasteiger partial charge in [-0.1, -0.05) is 0 Å². The summed E-state index contributed by atoms with van der Waals surface area (Å²) in [7, 11) is 0. The summed E-state index contributed by atoms with van der Waals surface area (Å²) in [5.41, 5.74) is 1.12. The van der Waals surface area contributed by atoms with Gasteiger partial charge in [-0.15, -0.1) is 11.3 Å². The van der Waals surface area contributed by atoms with Gasteiger partial charge in [0.05, 0.1) is 27.4 Å². The maximum Gasteiger partial charge on any atom is 0.258 e. The van der Waals surface area contributed by atoms with Gasteiger partial charge in [-0.25, -0.2) is 9.97 Å². The molecule has 2 aromatic heterocycles. The van der Waals surface area contributed by atoms with E-state index in [-0.39, 0.29) is 5.56 Å². The Balaban J connectivity index is 2.60. The molecular weight excluding hydrogens is 224 g/mol. The lowest BCUT2D eigenvalue weighted by atomic mass is 10.2. The number of hydrogen-bond donors (Lipinski definition) is 1. The van der Waals surface area contributed by atoms with Crippen molar-refractivity contribution in [3.8, 4) is 6.07 Å². The molecule has 0 aliphatic rings. The highest BCUT2D eigenvalue weighted by Crippen LogP contribution is 2.26. The molecule has 0 bridgehead atoms. The number of rotatable bonds is 0. The number of nitrogens with one attached hydrogen (secondary N) is 1. The van der Waals surface area contributed by atoms with Crippen molar-refractivity contribution in [2.75, 3.05) is 0 Å². The molecule has 0 amide bonds. The first-order valence-electron chi connectivity index (χ1n) is 4.46. The average molecular weight is 228 g/mol. The first-order valence-corrected chi connectivity index (χ1v) is 5.28. The Morgan fingerprint density at radius 1 is 1.44 bits per heavy atom. The first-order chi connectivity index (χ1) is 7.79. The van der Waals surface area contributed by atoms with E-state index in [0.717, 1.165) is 4.70 Å².